The van der Waals surface area contributed by atoms with Gasteiger partial charge in [0.25, 0.3) is 0 Å². The molecule has 4 rings (SSSR count). The van der Waals surface area contributed by atoms with E-state index in [1.54, 1.807) is 25.7 Å². The largest absolute Gasteiger partial charge is 0.481 e. The summed E-state index contributed by atoms with van der Waals surface area (Å²) in [6.07, 6.45) is -0.571. The number of nitrogens with one attached hydrogen (secondary N) is 1. The van der Waals surface area contributed by atoms with Gasteiger partial charge in [0, 0.05) is 24.9 Å². The van der Waals surface area contributed by atoms with Crippen LogP contribution in [0.25, 0.3) is 11.1 Å². The van der Waals surface area contributed by atoms with Crippen molar-refractivity contribution in [3.8, 4) is 11.1 Å². The molecule has 0 radical (unpaired) electrons. The van der Waals surface area contributed by atoms with Crippen molar-refractivity contribution in [3.05, 3.63) is 59.7 Å². The van der Waals surface area contributed by atoms with Gasteiger partial charge in [-0.1, -0.05) is 55.5 Å². The molecule has 1 heterocycles. The smallest absolute Gasteiger partial charge is 0.407 e. The number of amides is 2. The number of rotatable bonds is 7. The number of benzene rings is 2. The van der Waals surface area contributed by atoms with E-state index in [2.05, 4.69) is 29.6 Å². The molecule has 0 aromatic heterocycles. The lowest BCUT2D eigenvalue weighted by Crippen LogP contribution is -2.64. The van der Waals surface area contributed by atoms with E-state index in [1.807, 2.05) is 38.1 Å². The number of alkyl carbamates (subject to hydrolysis) is 1. The van der Waals surface area contributed by atoms with Crippen LogP contribution in [0.1, 0.15) is 51.7 Å². The first-order chi connectivity index (χ1) is 16.4. The SMILES string of the molecule is CC(C(=O)O)C1CN(C(=O)C(C)(C)C(C)(C)NC(=O)OCC2c3ccccc3-c3ccccc32)C1. The molecule has 2 N–H and O–H groups in total. The first-order valence-electron chi connectivity index (χ1n) is 12.1. The van der Waals surface area contributed by atoms with Gasteiger partial charge in [-0.25, -0.2) is 4.79 Å². The first kappa shape index (κ1) is 24.8. The lowest BCUT2D eigenvalue weighted by molar-refractivity contribution is -0.157. The summed E-state index contributed by atoms with van der Waals surface area (Å²) in [6.45, 7) is 9.91. The number of hydrogen-bond donors (Lipinski definition) is 2. The summed E-state index contributed by atoms with van der Waals surface area (Å²) in [5, 5.41) is 12.1. The number of aliphatic carboxylic acids is 1. The maximum Gasteiger partial charge on any atom is 0.407 e. The van der Waals surface area contributed by atoms with Gasteiger partial charge in [0.15, 0.2) is 0 Å². The molecule has 1 aliphatic heterocycles. The van der Waals surface area contributed by atoms with Crippen molar-refractivity contribution in [2.75, 3.05) is 19.7 Å². The molecule has 1 unspecified atom stereocenters. The second-order valence-corrected chi connectivity index (χ2v) is 10.8. The molecule has 1 saturated heterocycles. The Kier molecular flexibility index (Phi) is 6.38. The van der Waals surface area contributed by atoms with E-state index in [1.165, 1.54) is 0 Å². The van der Waals surface area contributed by atoms with Crippen LogP contribution in [0.15, 0.2) is 48.5 Å². The Morgan fingerprint density at radius 2 is 1.51 bits per heavy atom. The molecule has 2 amide bonds. The van der Waals surface area contributed by atoms with Crippen LogP contribution >= 0.6 is 0 Å². The molecule has 2 aromatic rings. The van der Waals surface area contributed by atoms with Crippen molar-refractivity contribution in [2.45, 2.75) is 46.1 Å². The Balaban J connectivity index is 1.38. The molecule has 186 valence electrons. The Morgan fingerprint density at radius 3 is 2.03 bits per heavy atom. The Bertz CT molecular complexity index is 1100. The monoisotopic (exact) mass is 478 g/mol. The van der Waals surface area contributed by atoms with Crippen molar-refractivity contribution >= 4 is 18.0 Å². The average Bonchev–Trinajstić information content (AvgIpc) is 3.09. The average molecular weight is 479 g/mol. The normalized spacial score (nSPS) is 16.7. The summed E-state index contributed by atoms with van der Waals surface area (Å²) >= 11 is 0. The number of nitrogens with zero attached hydrogens (tertiary/aromatic N) is 1. The minimum absolute atomic E-state index is 0.0415. The van der Waals surface area contributed by atoms with Crippen LogP contribution < -0.4 is 5.32 Å². The zero-order valence-electron chi connectivity index (χ0n) is 21.0. The molecule has 2 aliphatic rings. The van der Waals surface area contributed by atoms with E-state index in [9.17, 15) is 19.5 Å². The van der Waals surface area contributed by atoms with Crippen molar-refractivity contribution in [3.63, 3.8) is 0 Å². The molecule has 0 saturated carbocycles. The van der Waals surface area contributed by atoms with Gasteiger partial charge in [0.05, 0.1) is 16.9 Å². The molecule has 7 nitrogen and oxygen atoms in total. The fourth-order valence-electron chi connectivity index (χ4n) is 4.90. The molecule has 1 atom stereocenters. The predicted octanol–water partition coefficient (Wildman–Crippen LogP) is 4.51. The third kappa shape index (κ3) is 4.40. The zero-order chi connectivity index (χ0) is 25.5. The lowest BCUT2D eigenvalue weighted by atomic mass is 9.72. The number of carboxylic acids is 1. The number of fused-ring (bicyclic) bond motifs is 3. The number of hydrogen-bond acceptors (Lipinski definition) is 4. The van der Waals surface area contributed by atoms with Crippen molar-refractivity contribution < 1.29 is 24.2 Å². The Hall–Kier alpha value is -3.35. The predicted molar refractivity (Wildman–Crippen MR) is 133 cm³/mol. The molecule has 7 heteroatoms. The summed E-state index contributed by atoms with van der Waals surface area (Å²) in [7, 11) is 0. The van der Waals surface area contributed by atoms with Crippen LogP contribution in [0.2, 0.25) is 0 Å². The Labute approximate surface area is 206 Å². The number of carbonyl (C=O) groups excluding carboxylic acids is 2. The number of likely N-dealkylation sites (tertiary alicyclic amines) is 1. The third-order valence-electron chi connectivity index (χ3n) is 8.15. The maximum atomic E-state index is 13.2. The summed E-state index contributed by atoms with van der Waals surface area (Å²) in [5.41, 5.74) is 2.79. The van der Waals surface area contributed by atoms with Crippen LogP contribution in [-0.4, -0.2) is 53.2 Å². The van der Waals surface area contributed by atoms with Crippen LogP contribution in [0, 0.1) is 17.3 Å². The van der Waals surface area contributed by atoms with E-state index in [-0.39, 0.29) is 24.3 Å². The molecular weight excluding hydrogens is 444 g/mol. The lowest BCUT2D eigenvalue weighted by Gasteiger charge is -2.48. The van der Waals surface area contributed by atoms with Crippen molar-refractivity contribution in [2.24, 2.45) is 17.3 Å². The van der Waals surface area contributed by atoms with Gasteiger partial charge in [-0.2, -0.15) is 0 Å². The van der Waals surface area contributed by atoms with E-state index in [0.717, 1.165) is 22.3 Å². The third-order valence-corrected chi connectivity index (χ3v) is 8.15. The van der Waals surface area contributed by atoms with Gasteiger partial charge < -0.3 is 20.1 Å². The fraction of sp³-hybridized carbons (Fsp3) is 0.464. The highest BCUT2D eigenvalue weighted by Gasteiger charge is 2.49. The number of carbonyl (C=O) groups is 3. The van der Waals surface area contributed by atoms with Crippen LogP contribution in [0.4, 0.5) is 4.79 Å². The Morgan fingerprint density at radius 1 is 1.00 bits per heavy atom. The van der Waals surface area contributed by atoms with E-state index in [0.29, 0.717) is 13.1 Å². The molecular formula is C28H34N2O5. The highest BCUT2D eigenvalue weighted by Crippen LogP contribution is 2.44. The van der Waals surface area contributed by atoms with Gasteiger partial charge in [-0.05, 0) is 49.9 Å². The minimum atomic E-state index is -0.921. The van der Waals surface area contributed by atoms with Gasteiger partial charge in [0.2, 0.25) is 5.91 Å². The highest BCUT2D eigenvalue weighted by molar-refractivity contribution is 5.85. The van der Waals surface area contributed by atoms with Crippen molar-refractivity contribution in [1.82, 2.24) is 10.2 Å². The van der Waals surface area contributed by atoms with Crippen LogP contribution in [0.5, 0.6) is 0 Å². The van der Waals surface area contributed by atoms with Crippen molar-refractivity contribution in [1.29, 1.82) is 0 Å². The second-order valence-electron chi connectivity index (χ2n) is 10.8. The molecule has 1 aliphatic carbocycles. The zero-order valence-corrected chi connectivity index (χ0v) is 21.0. The number of carboxylic acid groups (broad SMARTS) is 1. The fourth-order valence-corrected chi connectivity index (χ4v) is 4.90. The molecule has 2 aromatic carbocycles. The summed E-state index contributed by atoms with van der Waals surface area (Å²) in [4.78, 5) is 39.0. The number of ether oxygens (including phenoxy) is 1. The quantitative estimate of drug-likeness (QED) is 0.611. The van der Waals surface area contributed by atoms with E-state index >= 15 is 0 Å². The van der Waals surface area contributed by atoms with Gasteiger partial charge in [0.1, 0.15) is 6.61 Å². The second kappa shape index (κ2) is 9.02. The van der Waals surface area contributed by atoms with Gasteiger partial charge in [-0.3, -0.25) is 9.59 Å². The van der Waals surface area contributed by atoms with E-state index in [4.69, 9.17) is 4.74 Å². The van der Waals surface area contributed by atoms with Gasteiger partial charge >= 0.3 is 12.1 Å². The molecule has 1 fully saturated rings. The summed E-state index contributed by atoms with van der Waals surface area (Å²) < 4.78 is 5.69. The minimum Gasteiger partial charge on any atom is -0.481 e. The molecule has 0 bridgehead atoms. The molecule has 35 heavy (non-hydrogen) atoms. The first-order valence-corrected chi connectivity index (χ1v) is 12.1. The van der Waals surface area contributed by atoms with Gasteiger partial charge in [-0.15, -0.1) is 0 Å². The highest BCUT2D eigenvalue weighted by atomic mass is 16.5. The summed E-state index contributed by atoms with van der Waals surface area (Å²) in [5.74, 6) is -1.55. The maximum absolute atomic E-state index is 13.2. The standard InChI is InChI=1S/C28H34N2O5/c1-17(24(31)32)18-14-30(15-18)25(33)27(2,3)28(4,5)29-26(34)35-16-23-21-12-8-6-10-19(21)20-11-7-9-13-22(20)23/h6-13,17-18,23H,14-16H2,1-5H3,(H,29,34)(H,31,32). The molecule has 0 spiro atoms. The van der Waals surface area contributed by atoms with E-state index < -0.39 is 28.9 Å². The van der Waals surface area contributed by atoms with Crippen LogP contribution in [-0.2, 0) is 14.3 Å². The summed E-state index contributed by atoms with van der Waals surface area (Å²) in [6, 6.07) is 16.3. The topological polar surface area (TPSA) is 95.9 Å². The van der Waals surface area contributed by atoms with Crippen LogP contribution in [0.3, 0.4) is 0 Å².